The molecule has 0 heterocycles. The van der Waals surface area contributed by atoms with E-state index in [4.69, 9.17) is 11.1 Å². The average molecular weight is 334 g/mol. The molecule has 4 N–H and O–H groups in total. The van der Waals surface area contributed by atoms with Gasteiger partial charge in [0.1, 0.15) is 0 Å². The summed E-state index contributed by atoms with van der Waals surface area (Å²) in [5.74, 6) is -1.01. The third-order valence-corrected chi connectivity index (χ3v) is 4.22. The number of amides is 1. The Morgan fingerprint density at radius 3 is 2.43 bits per heavy atom. The fourth-order valence-electron chi connectivity index (χ4n) is 1.82. The van der Waals surface area contributed by atoms with Crippen molar-refractivity contribution in [1.82, 2.24) is 5.32 Å². The normalized spacial score (nSPS) is 12.1. The van der Waals surface area contributed by atoms with Gasteiger partial charge in [0.2, 0.25) is 0 Å². The van der Waals surface area contributed by atoms with Crippen LogP contribution in [0.4, 0.5) is 0 Å². The van der Waals surface area contributed by atoms with Crippen molar-refractivity contribution in [1.29, 1.82) is 5.41 Å². The zero-order chi connectivity index (χ0) is 15.5. The molecule has 1 atom stereocenters. The molecule has 6 nitrogen and oxygen atoms in total. The van der Waals surface area contributed by atoms with Crippen molar-refractivity contribution in [3.63, 3.8) is 0 Å². The molecule has 21 heavy (non-hydrogen) atoms. The molecule has 0 aromatic heterocycles. The largest absolute Gasteiger partial charge is 0.370 e. The van der Waals surface area contributed by atoms with Gasteiger partial charge in [-0.3, -0.25) is 15.5 Å². The summed E-state index contributed by atoms with van der Waals surface area (Å²) in [6.07, 6.45) is 1.91. The third-order valence-electron chi connectivity index (χ3n) is 3.07. The minimum atomic E-state index is -3.44. The monoisotopic (exact) mass is 333 g/mol. The molecular formula is C13H20ClN3O3S. The first-order valence-corrected chi connectivity index (χ1v) is 8.05. The van der Waals surface area contributed by atoms with E-state index in [0.29, 0.717) is 5.56 Å². The summed E-state index contributed by atoms with van der Waals surface area (Å²) in [6, 6.07) is 4.50. The molecule has 0 aliphatic rings. The van der Waals surface area contributed by atoms with Gasteiger partial charge >= 0.3 is 0 Å². The maximum absolute atomic E-state index is 11.9. The molecule has 0 radical (unpaired) electrons. The molecule has 118 valence electrons. The van der Waals surface area contributed by atoms with Gasteiger partial charge in [-0.05, 0) is 30.0 Å². The number of hydrogen-bond acceptors (Lipinski definition) is 4. The van der Waals surface area contributed by atoms with Crippen molar-refractivity contribution in [2.24, 2.45) is 5.73 Å². The number of nitrogens with one attached hydrogen (secondary N) is 2. The van der Waals surface area contributed by atoms with E-state index in [1.807, 2.05) is 13.8 Å². The summed E-state index contributed by atoms with van der Waals surface area (Å²) in [5, 5.41) is 9.15. The van der Waals surface area contributed by atoms with Crippen molar-refractivity contribution in [3.05, 3.63) is 29.3 Å². The van der Waals surface area contributed by atoms with E-state index in [1.165, 1.54) is 12.1 Å². The van der Waals surface area contributed by atoms with Crippen LogP contribution in [0.25, 0.3) is 0 Å². The maximum atomic E-state index is 11.9. The molecule has 1 amide bonds. The minimum absolute atomic E-state index is 0. The van der Waals surface area contributed by atoms with Gasteiger partial charge < -0.3 is 5.73 Å². The highest BCUT2D eigenvalue weighted by molar-refractivity contribution is 7.90. The van der Waals surface area contributed by atoms with E-state index in [2.05, 4.69) is 5.32 Å². The maximum Gasteiger partial charge on any atom is 0.257 e. The van der Waals surface area contributed by atoms with Crippen molar-refractivity contribution in [3.8, 4) is 0 Å². The second-order valence-corrected chi connectivity index (χ2v) is 6.69. The van der Waals surface area contributed by atoms with E-state index < -0.39 is 21.7 Å². The topological polar surface area (TPSA) is 113 Å². The zero-order valence-corrected chi connectivity index (χ0v) is 13.8. The molecule has 0 saturated carbocycles. The number of sulfone groups is 1. The van der Waals surface area contributed by atoms with Crippen molar-refractivity contribution in [2.45, 2.75) is 31.1 Å². The van der Waals surface area contributed by atoms with Crippen LogP contribution in [-0.4, -0.2) is 26.5 Å². The molecule has 1 rings (SSSR count). The number of benzene rings is 1. The average Bonchev–Trinajstić information content (AvgIpc) is 2.35. The van der Waals surface area contributed by atoms with Crippen molar-refractivity contribution >= 4 is 34.1 Å². The van der Waals surface area contributed by atoms with E-state index in [0.717, 1.165) is 12.7 Å². The Morgan fingerprint density at radius 1 is 1.43 bits per heavy atom. The van der Waals surface area contributed by atoms with Crippen LogP contribution in [-0.2, 0) is 9.84 Å². The highest BCUT2D eigenvalue weighted by Gasteiger charge is 2.19. The predicted molar refractivity (Wildman–Crippen MR) is 84.9 cm³/mol. The molecule has 1 unspecified atom stereocenters. The quantitative estimate of drug-likeness (QED) is 0.574. The molecule has 0 bridgehead atoms. The molecule has 0 spiro atoms. The first-order chi connectivity index (χ1) is 9.16. The lowest BCUT2D eigenvalue weighted by atomic mass is 9.97. The lowest BCUT2D eigenvalue weighted by Gasteiger charge is -2.15. The Kier molecular flexibility index (Phi) is 6.85. The Hall–Kier alpha value is -1.60. The minimum Gasteiger partial charge on any atom is -0.370 e. The van der Waals surface area contributed by atoms with Crippen LogP contribution in [0.3, 0.4) is 0 Å². The summed E-state index contributed by atoms with van der Waals surface area (Å²) in [4.78, 5) is 11.9. The molecule has 1 aromatic carbocycles. The fourth-order valence-corrected chi connectivity index (χ4v) is 2.86. The number of carbonyl (C=O) groups excluding carboxylic acids is 1. The Bertz CT molecular complexity index is 644. The van der Waals surface area contributed by atoms with Gasteiger partial charge in [-0.25, -0.2) is 8.42 Å². The van der Waals surface area contributed by atoms with E-state index in [-0.39, 0.29) is 28.8 Å². The smallest absolute Gasteiger partial charge is 0.257 e. The van der Waals surface area contributed by atoms with Gasteiger partial charge in [0.15, 0.2) is 15.8 Å². The second-order valence-electron chi connectivity index (χ2n) is 4.70. The van der Waals surface area contributed by atoms with Gasteiger partial charge in [-0.1, -0.05) is 19.9 Å². The summed E-state index contributed by atoms with van der Waals surface area (Å²) in [6.45, 7) is 3.90. The highest BCUT2D eigenvalue weighted by atomic mass is 35.5. The Labute approximate surface area is 131 Å². The van der Waals surface area contributed by atoms with Gasteiger partial charge in [-0.2, -0.15) is 0 Å². The second kappa shape index (κ2) is 7.42. The lowest BCUT2D eigenvalue weighted by Crippen LogP contribution is -2.35. The SMILES string of the molecule is CCC(C)c1ccc(C(=O)NC(=N)N)cc1S(C)(=O)=O.Cl. The third kappa shape index (κ3) is 5.02. The van der Waals surface area contributed by atoms with Crippen LogP contribution in [0.5, 0.6) is 0 Å². The number of carbonyl (C=O) groups is 1. The van der Waals surface area contributed by atoms with Gasteiger partial charge in [0.25, 0.3) is 5.91 Å². The number of guanidine groups is 1. The highest BCUT2D eigenvalue weighted by Crippen LogP contribution is 2.27. The van der Waals surface area contributed by atoms with Crippen molar-refractivity contribution < 1.29 is 13.2 Å². The van der Waals surface area contributed by atoms with Crippen LogP contribution in [0.2, 0.25) is 0 Å². The van der Waals surface area contributed by atoms with Crippen molar-refractivity contribution in [2.75, 3.05) is 6.26 Å². The first-order valence-electron chi connectivity index (χ1n) is 6.16. The lowest BCUT2D eigenvalue weighted by molar-refractivity contribution is 0.0976. The molecule has 0 saturated heterocycles. The Morgan fingerprint density at radius 2 is 2.00 bits per heavy atom. The molecular weight excluding hydrogens is 314 g/mol. The first kappa shape index (κ1) is 19.4. The molecule has 0 aliphatic carbocycles. The van der Waals surface area contributed by atoms with Gasteiger partial charge in [0.05, 0.1) is 4.90 Å². The molecule has 0 aliphatic heterocycles. The summed E-state index contributed by atoms with van der Waals surface area (Å²) in [5.41, 5.74) is 5.94. The Balaban J connectivity index is 0.00000400. The van der Waals surface area contributed by atoms with E-state index in [9.17, 15) is 13.2 Å². The molecule has 0 fully saturated rings. The number of hydrogen-bond donors (Lipinski definition) is 3. The molecule has 1 aromatic rings. The number of rotatable bonds is 4. The molecule has 8 heteroatoms. The summed E-state index contributed by atoms with van der Waals surface area (Å²) < 4.78 is 23.7. The number of halogens is 1. The fraction of sp³-hybridized carbons (Fsp3) is 0.385. The predicted octanol–water partition coefficient (Wildman–Crippen LogP) is 1.65. The van der Waals surface area contributed by atoms with Crippen LogP contribution < -0.4 is 11.1 Å². The number of nitrogens with two attached hydrogens (primary N) is 1. The van der Waals surface area contributed by atoms with E-state index in [1.54, 1.807) is 6.07 Å². The van der Waals surface area contributed by atoms with Crippen LogP contribution in [0.1, 0.15) is 42.1 Å². The summed E-state index contributed by atoms with van der Waals surface area (Å²) in [7, 11) is -3.44. The van der Waals surface area contributed by atoms with Crippen LogP contribution in [0, 0.1) is 5.41 Å². The van der Waals surface area contributed by atoms with Gasteiger partial charge in [0, 0.05) is 11.8 Å². The van der Waals surface area contributed by atoms with E-state index >= 15 is 0 Å². The zero-order valence-electron chi connectivity index (χ0n) is 12.1. The summed E-state index contributed by atoms with van der Waals surface area (Å²) >= 11 is 0. The van der Waals surface area contributed by atoms with Crippen LogP contribution >= 0.6 is 12.4 Å². The van der Waals surface area contributed by atoms with Gasteiger partial charge in [-0.15, -0.1) is 12.4 Å². The van der Waals surface area contributed by atoms with Crippen LogP contribution in [0.15, 0.2) is 23.1 Å². The standard InChI is InChI=1S/C13H19N3O3S.ClH/c1-4-8(2)10-6-5-9(12(17)16-13(14)15)7-11(10)20(3,18)19;/h5-8H,4H2,1-3H3,(H4,14,15,16,17);1H.